The van der Waals surface area contributed by atoms with Gasteiger partial charge < -0.3 is 10.4 Å². The minimum absolute atomic E-state index is 0.630. The largest absolute Gasteiger partial charge is 0.480 e. The first-order chi connectivity index (χ1) is 4.92. The molecule has 0 aliphatic carbocycles. The molecule has 0 aliphatic heterocycles. The first-order valence-electron chi connectivity index (χ1n) is 3.44. The van der Waals surface area contributed by atoms with E-state index in [2.05, 4.69) is 0 Å². The third kappa shape index (κ3) is 3.52. The second kappa shape index (κ2) is 3.06. The number of aliphatic carboxylic acids is 1. The molecule has 0 aromatic rings. The lowest BCUT2D eigenvalue weighted by Gasteiger charge is -2.04. The molecule has 1 amide bonds. The lowest BCUT2D eigenvalue weighted by atomic mass is 10.3. The molecule has 0 spiro atoms. The Kier molecular flexibility index (Phi) is 1.63. The van der Waals surface area contributed by atoms with Crippen LogP contribution >= 0.6 is 0 Å². The molecule has 4 nitrogen and oxygen atoms in total. The molecule has 0 aliphatic rings. The molecule has 2 N–H and O–H groups in total. The number of nitrogens with one attached hydrogen (secondary N) is 1. The van der Waals surface area contributed by atoms with Gasteiger partial charge in [-0.3, -0.25) is 9.59 Å². The van der Waals surface area contributed by atoms with Crippen LogP contribution in [0, 0.1) is 0 Å². The molecule has 4 heteroatoms. The van der Waals surface area contributed by atoms with E-state index in [1.54, 1.807) is 0 Å². The Morgan fingerprint density at radius 3 is 2.56 bits per heavy atom. The van der Waals surface area contributed by atoms with Crippen LogP contribution in [0.15, 0.2) is 0 Å². The van der Waals surface area contributed by atoms with Crippen molar-refractivity contribution in [3.05, 3.63) is 0 Å². The van der Waals surface area contributed by atoms with Crippen molar-refractivity contribution in [2.75, 3.05) is 0 Å². The van der Waals surface area contributed by atoms with Gasteiger partial charge in [0.1, 0.15) is 6.02 Å². The third-order valence-corrected chi connectivity index (χ3v) is 0.585. The van der Waals surface area contributed by atoms with E-state index in [0.29, 0.717) is 0 Å². The summed E-state index contributed by atoms with van der Waals surface area (Å²) in [5.74, 6) is -2.16. The van der Waals surface area contributed by atoms with Crippen LogP contribution in [0.1, 0.15) is 16.6 Å². The Morgan fingerprint density at radius 1 is 1.89 bits per heavy atom. The first kappa shape index (κ1) is 4.78. The molecule has 0 aromatic heterocycles. The number of carboxylic acids is 1. The zero-order chi connectivity index (χ0) is 9.07. The Hall–Kier alpha value is -1.06. The summed E-state index contributed by atoms with van der Waals surface area (Å²) in [6.07, 6.45) is 0. The van der Waals surface area contributed by atoms with Crippen molar-refractivity contribution >= 4 is 11.9 Å². The highest BCUT2D eigenvalue weighted by atomic mass is 16.4. The molecule has 0 bridgehead atoms. The summed E-state index contributed by atoms with van der Waals surface area (Å²) in [6, 6.07) is -2.20. The lowest BCUT2D eigenvalue weighted by molar-refractivity contribution is -0.140. The third-order valence-electron chi connectivity index (χ3n) is 0.585. The molecule has 0 fully saturated rings. The first-order valence-corrected chi connectivity index (χ1v) is 2.24. The van der Waals surface area contributed by atoms with E-state index >= 15 is 0 Å². The van der Waals surface area contributed by atoms with Crippen molar-refractivity contribution < 1.29 is 17.4 Å². The SMILES string of the molecule is [2H]CC([2H])(NC(C)=O)C(=O)O. The maximum atomic E-state index is 10.3. The van der Waals surface area contributed by atoms with Crippen LogP contribution < -0.4 is 5.32 Å². The predicted molar refractivity (Wildman–Crippen MR) is 30.9 cm³/mol. The molecule has 0 aromatic carbocycles. The molecular weight excluding hydrogens is 122 g/mol. The van der Waals surface area contributed by atoms with E-state index in [-0.39, 0.29) is 0 Å². The topological polar surface area (TPSA) is 66.4 Å². The van der Waals surface area contributed by atoms with Gasteiger partial charge in [0, 0.05) is 8.29 Å². The van der Waals surface area contributed by atoms with Gasteiger partial charge in [-0.1, -0.05) is 0 Å². The number of amides is 1. The van der Waals surface area contributed by atoms with Crippen LogP contribution in [0.2, 0.25) is 0 Å². The van der Waals surface area contributed by atoms with Crippen LogP contribution in [0.25, 0.3) is 0 Å². The number of carbonyl (C=O) groups excluding carboxylic acids is 1. The Morgan fingerprint density at radius 2 is 2.44 bits per heavy atom. The van der Waals surface area contributed by atoms with Gasteiger partial charge in [-0.05, 0) is 6.90 Å². The van der Waals surface area contributed by atoms with Gasteiger partial charge in [-0.25, -0.2) is 0 Å². The van der Waals surface area contributed by atoms with E-state index < -0.39 is 24.8 Å². The summed E-state index contributed by atoms with van der Waals surface area (Å²) in [5, 5.41) is 10.2. The number of hydrogen-bond donors (Lipinski definition) is 2. The molecule has 0 saturated carbocycles. The number of hydrogen-bond acceptors (Lipinski definition) is 2. The van der Waals surface area contributed by atoms with Gasteiger partial charge in [-0.15, -0.1) is 0 Å². The molecule has 0 radical (unpaired) electrons. The highest BCUT2D eigenvalue weighted by Gasteiger charge is 2.09. The second-order valence-corrected chi connectivity index (χ2v) is 1.46. The molecule has 52 valence electrons. The van der Waals surface area contributed by atoms with Crippen molar-refractivity contribution in [2.45, 2.75) is 19.8 Å². The summed E-state index contributed by atoms with van der Waals surface area (Å²) >= 11 is 0. The minimum atomic E-state index is -2.20. The van der Waals surface area contributed by atoms with E-state index in [1.807, 2.05) is 5.32 Å². The Balaban J connectivity index is 4.34. The fourth-order valence-electron chi connectivity index (χ4n) is 0.266. The molecule has 1 atom stereocenters. The zero-order valence-electron chi connectivity index (χ0n) is 6.97. The smallest absolute Gasteiger partial charge is 0.325 e. The van der Waals surface area contributed by atoms with Gasteiger partial charge >= 0.3 is 5.97 Å². The van der Waals surface area contributed by atoms with Gasteiger partial charge in [0.25, 0.3) is 0 Å². The molecule has 9 heavy (non-hydrogen) atoms. The van der Waals surface area contributed by atoms with Crippen LogP contribution in [-0.2, 0) is 9.59 Å². The Bertz CT molecular complexity index is 185. The van der Waals surface area contributed by atoms with Gasteiger partial charge in [0.05, 0.1) is 1.37 Å². The van der Waals surface area contributed by atoms with Crippen molar-refractivity contribution in [2.24, 2.45) is 0 Å². The monoisotopic (exact) mass is 133 g/mol. The average Bonchev–Trinajstić information content (AvgIpc) is 1.86. The molecule has 0 heterocycles. The number of carboxylic acid groups (broad SMARTS) is 1. The van der Waals surface area contributed by atoms with Crippen LogP contribution in [0.4, 0.5) is 0 Å². The Labute approximate surface area is 55.7 Å². The molecule has 0 saturated heterocycles. The maximum absolute atomic E-state index is 10.3. The number of rotatable bonds is 2. The maximum Gasteiger partial charge on any atom is 0.325 e. The molecular formula is C5H9NO3. The summed E-state index contributed by atoms with van der Waals surface area (Å²) in [6.45, 7) is 0.393. The fraction of sp³-hybridized carbons (Fsp3) is 0.600. The van der Waals surface area contributed by atoms with Crippen LogP contribution in [-0.4, -0.2) is 23.0 Å². The zero-order valence-corrected chi connectivity index (χ0v) is 4.97. The normalized spacial score (nSPS) is 18.8. The van der Waals surface area contributed by atoms with E-state index in [1.165, 1.54) is 0 Å². The molecule has 0 rings (SSSR count). The van der Waals surface area contributed by atoms with Crippen molar-refractivity contribution in [1.29, 1.82) is 0 Å². The number of carbonyl (C=O) groups is 2. The predicted octanol–water partition coefficient (Wildman–Crippen LogP) is -0.404. The minimum Gasteiger partial charge on any atom is -0.480 e. The summed E-state index contributed by atoms with van der Waals surface area (Å²) in [5.41, 5.74) is 0. The summed E-state index contributed by atoms with van der Waals surface area (Å²) < 4.78 is 13.7. The van der Waals surface area contributed by atoms with E-state index in [4.69, 9.17) is 7.85 Å². The summed E-state index contributed by atoms with van der Waals surface area (Å²) in [7, 11) is 0. The van der Waals surface area contributed by atoms with E-state index in [0.717, 1.165) is 6.92 Å². The standard InChI is InChI=1S/C5H9NO3/c1-3(5(8)9)6-4(2)7/h3H,1-2H3,(H,6,7)(H,8,9)/i1D,3D. The van der Waals surface area contributed by atoms with Crippen molar-refractivity contribution in [1.82, 2.24) is 5.32 Å². The van der Waals surface area contributed by atoms with Crippen LogP contribution in [0.5, 0.6) is 0 Å². The average molecular weight is 133 g/mol. The summed E-state index contributed by atoms with van der Waals surface area (Å²) in [4.78, 5) is 20.6. The van der Waals surface area contributed by atoms with Crippen molar-refractivity contribution in [3.63, 3.8) is 0 Å². The van der Waals surface area contributed by atoms with Crippen LogP contribution in [0.3, 0.4) is 0 Å². The quantitative estimate of drug-likeness (QED) is 0.538. The van der Waals surface area contributed by atoms with Gasteiger partial charge in [-0.2, -0.15) is 0 Å². The molecule has 1 unspecified atom stereocenters. The highest BCUT2D eigenvalue weighted by molar-refractivity contribution is 5.81. The highest BCUT2D eigenvalue weighted by Crippen LogP contribution is 1.78. The fourth-order valence-corrected chi connectivity index (χ4v) is 0.266. The lowest BCUT2D eigenvalue weighted by Crippen LogP contribution is -2.36. The van der Waals surface area contributed by atoms with Gasteiger partial charge in [0.15, 0.2) is 0 Å². The van der Waals surface area contributed by atoms with Crippen molar-refractivity contribution in [3.8, 4) is 0 Å². The van der Waals surface area contributed by atoms with E-state index in [9.17, 15) is 9.59 Å². The van der Waals surface area contributed by atoms with Gasteiger partial charge in [0.2, 0.25) is 5.91 Å². The second-order valence-electron chi connectivity index (χ2n) is 1.46.